The topological polar surface area (TPSA) is 85.4 Å². The fraction of sp³-hybridized carbons (Fsp3) is 0.571. The molecule has 1 amide bonds. The maximum absolute atomic E-state index is 12.1. The zero-order chi connectivity index (χ0) is 15.3. The second kappa shape index (κ2) is 6.89. The Morgan fingerprint density at radius 1 is 1.38 bits per heavy atom. The van der Waals surface area contributed by atoms with Crippen molar-refractivity contribution in [3.63, 3.8) is 0 Å². The molecule has 0 atom stereocenters. The van der Waals surface area contributed by atoms with Crippen LogP contribution in [0.5, 0.6) is 5.88 Å². The van der Waals surface area contributed by atoms with Crippen LogP contribution in [0.3, 0.4) is 0 Å². The molecule has 1 saturated carbocycles. The molecule has 0 unspecified atom stereocenters. The van der Waals surface area contributed by atoms with Crippen molar-refractivity contribution in [1.29, 1.82) is 0 Å². The van der Waals surface area contributed by atoms with Gasteiger partial charge in [0.15, 0.2) is 9.84 Å². The van der Waals surface area contributed by atoms with Gasteiger partial charge >= 0.3 is 0 Å². The van der Waals surface area contributed by atoms with Crippen molar-refractivity contribution in [2.45, 2.75) is 37.4 Å². The van der Waals surface area contributed by atoms with E-state index in [9.17, 15) is 13.2 Å². The van der Waals surface area contributed by atoms with Crippen LogP contribution in [-0.2, 0) is 14.6 Å². The number of nitrogens with one attached hydrogen (secondary N) is 1. The second-order valence-corrected chi connectivity index (χ2v) is 7.56. The third-order valence-corrected chi connectivity index (χ3v) is 5.91. The van der Waals surface area contributed by atoms with Gasteiger partial charge in [0, 0.05) is 12.5 Å². The average molecular weight is 312 g/mol. The van der Waals surface area contributed by atoms with E-state index >= 15 is 0 Å². The highest BCUT2D eigenvalue weighted by molar-refractivity contribution is 7.92. The van der Waals surface area contributed by atoms with E-state index in [1.807, 2.05) is 0 Å². The first-order chi connectivity index (χ1) is 10.0. The molecule has 7 heteroatoms. The highest BCUT2D eigenvalue weighted by atomic mass is 32.2. The molecule has 1 aromatic heterocycles. The van der Waals surface area contributed by atoms with Crippen molar-refractivity contribution in [3.8, 4) is 5.88 Å². The average Bonchev–Trinajstić information content (AvgIpc) is 3.01. The molecule has 1 heterocycles. The predicted molar refractivity (Wildman–Crippen MR) is 80.1 cm³/mol. The Morgan fingerprint density at radius 3 is 2.67 bits per heavy atom. The van der Waals surface area contributed by atoms with Crippen LogP contribution in [0.1, 0.15) is 32.1 Å². The first-order valence-electron chi connectivity index (χ1n) is 7.03. The van der Waals surface area contributed by atoms with Crippen LogP contribution in [0, 0.1) is 0 Å². The molecule has 2 rings (SSSR count). The summed E-state index contributed by atoms with van der Waals surface area (Å²) in [4.78, 5) is 15.8. The number of rotatable bonds is 6. The highest BCUT2D eigenvalue weighted by Crippen LogP contribution is 2.25. The van der Waals surface area contributed by atoms with Crippen molar-refractivity contribution in [2.24, 2.45) is 0 Å². The van der Waals surface area contributed by atoms with Gasteiger partial charge in [0.25, 0.3) is 0 Å². The molecule has 116 valence electrons. The van der Waals surface area contributed by atoms with Crippen LogP contribution in [-0.4, -0.2) is 37.4 Å². The summed E-state index contributed by atoms with van der Waals surface area (Å²) in [6, 6.07) is 3.29. The molecule has 1 aromatic rings. The lowest BCUT2D eigenvalue weighted by Gasteiger charge is -2.11. The maximum Gasteiger partial charge on any atom is 0.225 e. The number of methoxy groups -OCH3 is 1. The lowest BCUT2D eigenvalue weighted by molar-refractivity contribution is -0.115. The minimum Gasteiger partial charge on any atom is -0.481 e. The molecule has 0 radical (unpaired) electrons. The molecule has 21 heavy (non-hydrogen) atoms. The molecule has 1 aliphatic rings. The number of hydrogen-bond acceptors (Lipinski definition) is 5. The van der Waals surface area contributed by atoms with E-state index in [0.29, 0.717) is 11.6 Å². The Kier molecular flexibility index (Phi) is 5.17. The number of sulfone groups is 1. The molecule has 0 aromatic carbocycles. The van der Waals surface area contributed by atoms with Gasteiger partial charge in [-0.3, -0.25) is 4.79 Å². The minimum atomic E-state index is -3.15. The molecule has 0 bridgehead atoms. The number of carbonyl (C=O) groups is 1. The first kappa shape index (κ1) is 15.8. The molecule has 0 spiro atoms. The summed E-state index contributed by atoms with van der Waals surface area (Å²) >= 11 is 0. The van der Waals surface area contributed by atoms with E-state index < -0.39 is 9.84 Å². The van der Waals surface area contributed by atoms with E-state index in [2.05, 4.69) is 10.3 Å². The molecule has 0 saturated heterocycles. The van der Waals surface area contributed by atoms with Gasteiger partial charge in [0.05, 0.1) is 30.0 Å². The van der Waals surface area contributed by atoms with Gasteiger partial charge in [0.1, 0.15) is 0 Å². The van der Waals surface area contributed by atoms with E-state index in [4.69, 9.17) is 4.74 Å². The molecule has 1 N–H and O–H groups in total. The molecule has 0 aliphatic heterocycles. The van der Waals surface area contributed by atoms with Gasteiger partial charge in [-0.25, -0.2) is 13.4 Å². The molecule has 1 aliphatic carbocycles. The lowest BCUT2D eigenvalue weighted by Crippen LogP contribution is -2.24. The second-order valence-electron chi connectivity index (χ2n) is 5.16. The van der Waals surface area contributed by atoms with Gasteiger partial charge in [-0.15, -0.1) is 0 Å². The third kappa shape index (κ3) is 4.42. The summed E-state index contributed by atoms with van der Waals surface area (Å²) in [6.07, 6.45) is 4.84. The standard InChI is InChI=1S/C14H20N2O4S/c1-20-14-7-6-11(10-15-14)16-13(17)8-9-21(18,19)12-4-2-3-5-12/h6-7,10,12H,2-5,8-9H2,1H3,(H,16,17). The SMILES string of the molecule is COc1ccc(NC(=O)CCS(=O)(=O)C2CCCC2)cn1. The van der Waals surface area contributed by atoms with Crippen LogP contribution < -0.4 is 10.1 Å². The zero-order valence-corrected chi connectivity index (χ0v) is 12.9. The van der Waals surface area contributed by atoms with Gasteiger partial charge in [0.2, 0.25) is 11.8 Å². The molecular weight excluding hydrogens is 292 g/mol. The van der Waals surface area contributed by atoms with E-state index in [0.717, 1.165) is 25.7 Å². The molecule has 1 fully saturated rings. The monoisotopic (exact) mass is 312 g/mol. The van der Waals surface area contributed by atoms with E-state index in [1.165, 1.54) is 13.3 Å². The highest BCUT2D eigenvalue weighted by Gasteiger charge is 2.28. The smallest absolute Gasteiger partial charge is 0.225 e. The Balaban J connectivity index is 1.83. The summed E-state index contributed by atoms with van der Waals surface area (Å²) in [6.45, 7) is 0. The number of nitrogens with zero attached hydrogens (tertiary/aromatic N) is 1. The summed E-state index contributed by atoms with van der Waals surface area (Å²) in [7, 11) is -1.65. The Bertz CT molecular complexity index is 577. The fourth-order valence-corrected chi connectivity index (χ4v) is 4.30. The normalized spacial score (nSPS) is 15.9. The number of amides is 1. The van der Waals surface area contributed by atoms with Crippen molar-refractivity contribution < 1.29 is 17.9 Å². The lowest BCUT2D eigenvalue weighted by atomic mass is 10.4. The largest absolute Gasteiger partial charge is 0.481 e. The first-order valence-corrected chi connectivity index (χ1v) is 8.74. The van der Waals surface area contributed by atoms with E-state index in [-0.39, 0.29) is 23.3 Å². The van der Waals surface area contributed by atoms with Crippen LogP contribution in [0.15, 0.2) is 18.3 Å². The van der Waals surface area contributed by atoms with Crippen LogP contribution in [0.4, 0.5) is 5.69 Å². The Morgan fingerprint density at radius 2 is 2.10 bits per heavy atom. The molecule has 6 nitrogen and oxygen atoms in total. The number of hydrogen-bond donors (Lipinski definition) is 1. The Labute approximate surface area is 124 Å². The Hall–Kier alpha value is -1.63. The van der Waals surface area contributed by atoms with Crippen LogP contribution in [0.25, 0.3) is 0 Å². The summed E-state index contributed by atoms with van der Waals surface area (Å²) in [5.41, 5.74) is 0.527. The van der Waals surface area contributed by atoms with Gasteiger partial charge < -0.3 is 10.1 Å². The van der Waals surface area contributed by atoms with Gasteiger partial charge in [-0.2, -0.15) is 0 Å². The number of anilines is 1. The van der Waals surface area contributed by atoms with Crippen molar-refractivity contribution in [2.75, 3.05) is 18.2 Å². The summed E-state index contributed by atoms with van der Waals surface area (Å²) < 4.78 is 29.0. The summed E-state index contributed by atoms with van der Waals surface area (Å²) in [5, 5.41) is 2.38. The van der Waals surface area contributed by atoms with Crippen molar-refractivity contribution in [3.05, 3.63) is 18.3 Å². The molecular formula is C14H20N2O4S. The van der Waals surface area contributed by atoms with E-state index in [1.54, 1.807) is 12.1 Å². The predicted octanol–water partition coefficient (Wildman–Crippen LogP) is 1.78. The zero-order valence-electron chi connectivity index (χ0n) is 12.0. The van der Waals surface area contributed by atoms with Crippen LogP contribution >= 0.6 is 0 Å². The minimum absolute atomic E-state index is 0.0230. The van der Waals surface area contributed by atoms with Crippen molar-refractivity contribution >= 4 is 21.4 Å². The van der Waals surface area contributed by atoms with Gasteiger partial charge in [-0.1, -0.05) is 12.8 Å². The number of pyridine rings is 1. The van der Waals surface area contributed by atoms with Crippen molar-refractivity contribution in [1.82, 2.24) is 4.98 Å². The quantitative estimate of drug-likeness (QED) is 0.865. The summed E-state index contributed by atoms with van der Waals surface area (Å²) in [5.74, 6) is 0.0490. The fourth-order valence-electron chi connectivity index (χ4n) is 2.45. The maximum atomic E-state index is 12.1. The number of ether oxygens (including phenoxy) is 1. The number of carbonyl (C=O) groups excluding carboxylic acids is 1. The number of aromatic nitrogens is 1. The van der Waals surface area contributed by atoms with Crippen LogP contribution in [0.2, 0.25) is 0 Å². The third-order valence-electron chi connectivity index (χ3n) is 3.65. The van der Waals surface area contributed by atoms with Gasteiger partial charge in [-0.05, 0) is 18.9 Å².